The lowest BCUT2D eigenvalue weighted by Crippen LogP contribution is -2.59. The van der Waals surface area contributed by atoms with Crippen molar-refractivity contribution in [2.24, 2.45) is 28.1 Å². The maximum atomic E-state index is 13.8. The second-order valence-electron chi connectivity index (χ2n) is 12.4. The Balaban J connectivity index is 1.54. The lowest BCUT2D eigenvalue weighted by atomic mass is 10.0. The van der Waals surface area contributed by atoms with Crippen LogP contribution in [0.2, 0.25) is 0 Å². The molecule has 16 nitrogen and oxygen atoms in total. The van der Waals surface area contributed by atoms with Gasteiger partial charge in [-0.25, -0.2) is 0 Å². The molecule has 0 saturated heterocycles. The minimum Gasteiger partial charge on any atom is -0.508 e. The molecule has 266 valence electrons. The zero-order valence-electron chi connectivity index (χ0n) is 27.4. The van der Waals surface area contributed by atoms with E-state index >= 15 is 0 Å². The fourth-order valence-corrected chi connectivity index (χ4v) is 5.45. The molecule has 13 N–H and O–H groups in total. The Bertz CT molecular complexity index is 1780. The number of rotatable bonds is 16. The second kappa shape index (κ2) is 16.0. The van der Waals surface area contributed by atoms with E-state index < -0.39 is 65.7 Å². The van der Waals surface area contributed by atoms with Gasteiger partial charge in [-0.15, -0.1) is 0 Å². The number of hydrogen-bond donors (Lipinski definition) is 10. The third kappa shape index (κ3) is 9.59. The summed E-state index contributed by atoms with van der Waals surface area (Å²) < 4.78 is 0. The third-order valence-electron chi connectivity index (χ3n) is 8.50. The van der Waals surface area contributed by atoms with Crippen molar-refractivity contribution in [3.63, 3.8) is 0 Å². The summed E-state index contributed by atoms with van der Waals surface area (Å²) in [6.45, 7) is 1.33. The van der Waals surface area contributed by atoms with Crippen LogP contribution < -0.4 is 38.5 Å². The maximum absolute atomic E-state index is 13.8. The highest BCUT2D eigenvalue weighted by molar-refractivity contribution is 6.04. The van der Waals surface area contributed by atoms with Crippen molar-refractivity contribution in [3.8, 4) is 11.5 Å². The number of fused-ring (bicyclic) bond motifs is 1. The molecule has 4 amide bonds. The molecule has 0 spiro atoms. The molecule has 3 aromatic rings. The van der Waals surface area contributed by atoms with Crippen LogP contribution in [0.3, 0.4) is 0 Å². The van der Waals surface area contributed by atoms with Gasteiger partial charge in [0, 0.05) is 24.9 Å². The monoisotopic (exact) mass is 690 g/mol. The summed E-state index contributed by atoms with van der Waals surface area (Å²) in [6.07, 6.45) is 0.667. The van der Waals surface area contributed by atoms with Gasteiger partial charge in [-0.1, -0.05) is 42.5 Å². The Morgan fingerprint density at radius 3 is 2.26 bits per heavy atom. The zero-order valence-corrected chi connectivity index (χ0v) is 27.4. The molecule has 0 radical (unpaired) electrons. The smallest absolute Gasteiger partial charge is 0.308 e. The number of phenolic OH excluding ortho intramolecular Hbond substituents is 2. The molecular weight excluding hydrogens is 648 g/mol. The number of aliphatic carboxylic acids is 1. The van der Waals surface area contributed by atoms with Gasteiger partial charge in [-0.3, -0.25) is 29.0 Å². The molecular formula is C34H42N8O8. The molecule has 4 rings (SSSR count). The number of amides is 4. The first-order valence-corrected chi connectivity index (χ1v) is 15.9. The van der Waals surface area contributed by atoms with E-state index in [4.69, 9.17) is 17.2 Å². The Morgan fingerprint density at radius 2 is 1.60 bits per heavy atom. The molecule has 0 aromatic heterocycles. The van der Waals surface area contributed by atoms with E-state index in [1.54, 1.807) is 49.4 Å². The third-order valence-corrected chi connectivity index (χ3v) is 8.50. The van der Waals surface area contributed by atoms with Crippen molar-refractivity contribution in [2.45, 2.75) is 56.3 Å². The van der Waals surface area contributed by atoms with Crippen LogP contribution in [-0.2, 0) is 25.6 Å². The average Bonchev–Trinajstić information content (AvgIpc) is 3.76. The number of aliphatic imine (C=N–C) groups is 1. The summed E-state index contributed by atoms with van der Waals surface area (Å²) in [7, 11) is 0. The van der Waals surface area contributed by atoms with Gasteiger partial charge in [-0.2, -0.15) is 0 Å². The van der Waals surface area contributed by atoms with E-state index in [0.29, 0.717) is 22.8 Å². The number of carbonyl (C=O) groups is 5. The summed E-state index contributed by atoms with van der Waals surface area (Å²) in [5.41, 5.74) is 16.1. The number of nitrogens with zero attached hydrogens (tertiary/aromatic N) is 1. The van der Waals surface area contributed by atoms with Gasteiger partial charge in [-0.05, 0) is 55.3 Å². The number of aromatic hydroxyl groups is 2. The number of nitrogens with two attached hydrogens (primary N) is 3. The summed E-state index contributed by atoms with van der Waals surface area (Å²) >= 11 is 0. The van der Waals surface area contributed by atoms with Crippen LogP contribution in [0, 0.1) is 5.92 Å². The number of carbonyl (C=O) groups excluding carboxylic acids is 4. The predicted octanol–water partition coefficient (Wildman–Crippen LogP) is -0.447. The lowest BCUT2D eigenvalue weighted by Gasteiger charge is -2.26. The minimum absolute atomic E-state index is 0.0141. The number of nitrogens with one attached hydrogen (secondary N) is 4. The van der Waals surface area contributed by atoms with Crippen LogP contribution in [0.25, 0.3) is 10.8 Å². The standard InChI is InChI=1S/C34H42N8O8/c1-34(16-23(34)32(49)50)42-31(48)26(17-39-28(45)22-13-10-19-5-2-3-6-21(19)27(22)44)41-30(47)25(15-18-8-11-20(43)12-9-18)40-29(46)24(35)7-4-14-38-33(36)37/h2-3,5-6,8-13,23-26,43-44H,4,7,14-17,35H2,1H3,(H,39,45)(H,40,46)(H,41,47)(H,42,48)(H,49,50)(H4,36,37,38). The Labute approximate surface area is 287 Å². The number of carboxylic acid groups (broad SMARTS) is 1. The molecule has 3 aromatic carbocycles. The van der Waals surface area contributed by atoms with E-state index in [1.807, 2.05) is 0 Å². The largest absolute Gasteiger partial charge is 0.508 e. The Hall–Kier alpha value is -5.90. The fourth-order valence-electron chi connectivity index (χ4n) is 5.45. The van der Waals surface area contributed by atoms with Gasteiger partial charge in [0.2, 0.25) is 17.7 Å². The molecule has 1 aliphatic rings. The number of carboxylic acids is 1. The van der Waals surface area contributed by atoms with Crippen LogP contribution in [0.4, 0.5) is 0 Å². The topological polar surface area (TPSA) is 285 Å². The molecule has 0 bridgehead atoms. The summed E-state index contributed by atoms with van der Waals surface area (Å²) in [5.74, 6) is -5.32. The van der Waals surface area contributed by atoms with Crippen molar-refractivity contribution in [1.29, 1.82) is 0 Å². The van der Waals surface area contributed by atoms with E-state index in [-0.39, 0.29) is 48.8 Å². The van der Waals surface area contributed by atoms with Gasteiger partial charge in [0.15, 0.2) is 5.96 Å². The second-order valence-corrected chi connectivity index (χ2v) is 12.4. The molecule has 16 heteroatoms. The van der Waals surface area contributed by atoms with Gasteiger partial charge in [0.05, 0.1) is 23.1 Å². The van der Waals surface area contributed by atoms with Crippen LogP contribution in [0.1, 0.15) is 42.1 Å². The normalized spacial score (nSPS) is 18.2. The van der Waals surface area contributed by atoms with E-state index in [2.05, 4.69) is 26.3 Å². The Kier molecular flexibility index (Phi) is 11.8. The first kappa shape index (κ1) is 36.9. The van der Waals surface area contributed by atoms with Gasteiger partial charge < -0.3 is 53.8 Å². The van der Waals surface area contributed by atoms with Gasteiger partial charge in [0.25, 0.3) is 5.91 Å². The van der Waals surface area contributed by atoms with Crippen LogP contribution in [-0.4, -0.2) is 87.6 Å². The minimum atomic E-state index is -1.44. The molecule has 1 aliphatic carbocycles. The molecule has 50 heavy (non-hydrogen) atoms. The number of phenols is 2. The number of guanidine groups is 1. The quantitative estimate of drug-likeness (QED) is 0.0522. The highest BCUT2D eigenvalue weighted by Gasteiger charge is 2.56. The number of hydrogen-bond acceptors (Lipinski definition) is 9. The maximum Gasteiger partial charge on any atom is 0.308 e. The Morgan fingerprint density at radius 1 is 0.920 bits per heavy atom. The van der Waals surface area contributed by atoms with Crippen molar-refractivity contribution in [2.75, 3.05) is 13.1 Å². The van der Waals surface area contributed by atoms with Crippen LogP contribution in [0.15, 0.2) is 65.7 Å². The highest BCUT2D eigenvalue weighted by atomic mass is 16.4. The fraction of sp³-hybridized carbons (Fsp3) is 0.353. The SMILES string of the molecule is CC1(NC(=O)C(CNC(=O)c2ccc3ccccc3c2O)NC(=O)C(Cc2ccc(O)cc2)NC(=O)C(N)CCCN=C(N)N)CC1C(=O)O. The van der Waals surface area contributed by atoms with Crippen molar-refractivity contribution < 1.29 is 39.3 Å². The number of benzene rings is 3. The predicted molar refractivity (Wildman–Crippen MR) is 184 cm³/mol. The summed E-state index contributed by atoms with van der Waals surface area (Å²) in [6, 6.07) is 12.2. The highest BCUT2D eigenvalue weighted by Crippen LogP contribution is 2.43. The average molecular weight is 691 g/mol. The van der Waals surface area contributed by atoms with Crippen molar-refractivity contribution >= 4 is 46.3 Å². The zero-order chi connectivity index (χ0) is 36.6. The van der Waals surface area contributed by atoms with E-state index in [0.717, 1.165) is 0 Å². The summed E-state index contributed by atoms with van der Waals surface area (Å²) in [5, 5.41) is 41.5. The van der Waals surface area contributed by atoms with E-state index in [9.17, 15) is 39.3 Å². The molecule has 5 unspecified atom stereocenters. The van der Waals surface area contributed by atoms with Crippen molar-refractivity contribution in [3.05, 3.63) is 71.8 Å². The van der Waals surface area contributed by atoms with Crippen molar-refractivity contribution in [1.82, 2.24) is 21.3 Å². The molecule has 0 heterocycles. The lowest BCUT2D eigenvalue weighted by molar-refractivity contribution is -0.139. The molecule has 0 aliphatic heterocycles. The summed E-state index contributed by atoms with van der Waals surface area (Å²) in [4.78, 5) is 69.1. The van der Waals surface area contributed by atoms with Gasteiger partial charge >= 0.3 is 5.97 Å². The van der Waals surface area contributed by atoms with E-state index in [1.165, 1.54) is 18.2 Å². The molecule has 5 atom stereocenters. The van der Waals surface area contributed by atoms with Gasteiger partial charge in [0.1, 0.15) is 23.6 Å². The molecule has 1 fully saturated rings. The first-order valence-electron chi connectivity index (χ1n) is 15.9. The first-order chi connectivity index (χ1) is 23.7. The van der Waals surface area contributed by atoms with Crippen LogP contribution >= 0.6 is 0 Å². The molecule has 1 saturated carbocycles. The van der Waals surface area contributed by atoms with Crippen LogP contribution in [0.5, 0.6) is 11.5 Å².